The number of likely N-dealkylation sites (tertiary alicyclic amines) is 1. The van der Waals surface area contributed by atoms with Crippen LogP contribution in [0.3, 0.4) is 0 Å². The molecule has 0 spiro atoms. The molecule has 0 unspecified atom stereocenters. The summed E-state index contributed by atoms with van der Waals surface area (Å²) in [5.74, 6) is -1.08. The summed E-state index contributed by atoms with van der Waals surface area (Å²) >= 11 is 3.26. The van der Waals surface area contributed by atoms with Crippen molar-refractivity contribution in [1.29, 1.82) is 0 Å². The zero-order valence-electron chi connectivity index (χ0n) is 11.7. The molecule has 1 saturated heterocycles. The minimum absolute atomic E-state index is 0.0582. The van der Waals surface area contributed by atoms with Crippen molar-refractivity contribution in [2.75, 3.05) is 25.5 Å². The van der Waals surface area contributed by atoms with Crippen LogP contribution in [0.2, 0.25) is 0 Å². The summed E-state index contributed by atoms with van der Waals surface area (Å²) < 4.78 is 0.543. The number of aromatic carboxylic acids is 1. The summed E-state index contributed by atoms with van der Waals surface area (Å²) in [6.07, 6.45) is 1.79. The van der Waals surface area contributed by atoms with Crippen LogP contribution in [0.15, 0.2) is 22.7 Å². The van der Waals surface area contributed by atoms with E-state index in [1.54, 1.807) is 12.1 Å². The van der Waals surface area contributed by atoms with Crippen molar-refractivity contribution in [2.45, 2.75) is 18.9 Å². The van der Waals surface area contributed by atoms with Gasteiger partial charge in [-0.3, -0.25) is 0 Å². The Morgan fingerprint density at radius 2 is 2.00 bits per heavy atom. The Bertz CT molecular complexity index is 542. The first kappa shape index (κ1) is 15.8. The fourth-order valence-corrected chi connectivity index (χ4v) is 2.78. The Labute approximate surface area is 131 Å². The van der Waals surface area contributed by atoms with Gasteiger partial charge in [0.05, 0.1) is 11.3 Å². The van der Waals surface area contributed by atoms with Crippen molar-refractivity contribution < 1.29 is 14.7 Å². The van der Waals surface area contributed by atoms with Crippen LogP contribution in [0.25, 0.3) is 0 Å². The predicted molar refractivity (Wildman–Crippen MR) is 83.8 cm³/mol. The first-order valence-corrected chi connectivity index (χ1v) is 7.54. The summed E-state index contributed by atoms with van der Waals surface area (Å²) in [4.78, 5) is 25.4. The molecular weight excluding hydrogens is 338 g/mol. The average Bonchev–Trinajstić information content (AvgIpc) is 2.43. The molecule has 1 aromatic rings. The van der Waals surface area contributed by atoms with Crippen LogP contribution in [0.4, 0.5) is 10.5 Å². The Balaban J connectivity index is 2.01. The number of hydrogen-bond acceptors (Lipinski definition) is 3. The summed E-state index contributed by atoms with van der Waals surface area (Å²) in [5.41, 5.74) is 0.332. The number of carboxylic acids is 1. The van der Waals surface area contributed by atoms with Crippen molar-refractivity contribution in [3.8, 4) is 0 Å². The third kappa shape index (κ3) is 4.18. The number of benzene rings is 1. The van der Waals surface area contributed by atoms with Crippen LogP contribution in [-0.2, 0) is 0 Å². The molecule has 0 saturated carbocycles. The van der Waals surface area contributed by atoms with E-state index in [0.717, 1.165) is 25.9 Å². The van der Waals surface area contributed by atoms with Gasteiger partial charge in [0, 0.05) is 10.5 Å². The molecule has 0 aliphatic carbocycles. The molecule has 1 fully saturated rings. The standard InChI is InChI=1S/C14H18BrN3O3/c1-18-7-5-9(6-8-18)16-14(21)17-12-10(13(19)20)3-2-4-11(12)15/h2-4,9H,5-8H2,1H3,(H,19,20)(H2,16,17,21). The van der Waals surface area contributed by atoms with Gasteiger partial charge in [-0.1, -0.05) is 6.07 Å². The van der Waals surface area contributed by atoms with Crippen molar-refractivity contribution in [3.05, 3.63) is 28.2 Å². The van der Waals surface area contributed by atoms with Gasteiger partial charge < -0.3 is 20.6 Å². The van der Waals surface area contributed by atoms with Crippen molar-refractivity contribution in [1.82, 2.24) is 10.2 Å². The molecule has 0 radical (unpaired) electrons. The normalized spacial score (nSPS) is 16.5. The van der Waals surface area contributed by atoms with Gasteiger partial charge in [0.1, 0.15) is 0 Å². The molecule has 1 aliphatic rings. The second-order valence-corrected chi connectivity index (χ2v) is 6.00. The van der Waals surface area contributed by atoms with E-state index in [1.165, 1.54) is 6.07 Å². The molecule has 0 aromatic heterocycles. The lowest BCUT2D eigenvalue weighted by atomic mass is 10.1. The number of anilines is 1. The second kappa shape index (κ2) is 6.91. The number of hydrogen-bond donors (Lipinski definition) is 3. The first-order chi connectivity index (χ1) is 9.97. The highest BCUT2D eigenvalue weighted by molar-refractivity contribution is 9.10. The number of para-hydroxylation sites is 1. The van der Waals surface area contributed by atoms with Crippen LogP contribution in [0, 0.1) is 0 Å². The topological polar surface area (TPSA) is 81.7 Å². The number of urea groups is 1. The van der Waals surface area contributed by atoms with Gasteiger partial charge in [0.15, 0.2) is 0 Å². The van der Waals surface area contributed by atoms with Crippen molar-refractivity contribution in [2.24, 2.45) is 0 Å². The smallest absolute Gasteiger partial charge is 0.337 e. The lowest BCUT2D eigenvalue weighted by molar-refractivity contribution is 0.0698. The molecule has 7 heteroatoms. The van der Waals surface area contributed by atoms with E-state index in [4.69, 9.17) is 5.11 Å². The summed E-state index contributed by atoms with van der Waals surface area (Å²) in [6, 6.07) is 4.51. The average molecular weight is 356 g/mol. The van der Waals surface area contributed by atoms with Gasteiger partial charge in [0.2, 0.25) is 0 Å². The number of rotatable bonds is 3. The number of carboxylic acid groups (broad SMARTS) is 1. The number of amides is 2. The van der Waals surface area contributed by atoms with Crippen LogP contribution in [-0.4, -0.2) is 48.2 Å². The quantitative estimate of drug-likeness (QED) is 0.777. The fourth-order valence-electron chi connectivity index (χ4n) is 2.32. The van der Waals surface area contributed by atoms with E-state index in [2.05, 4.69) is 38.5 Å². The summed E-state index contributed by atoms with van der Waals surface area (Å²) in [5, 5.41) is 14.7. The number of nitrogens with zero attached hydrogens (tertiary/aromatic N) is 1. The van der Waals surface area contributed by atoms with Crippen molar-refractivity contribution >= 4 is 33.6 Å². The van der Waals surface area contributed by atoms with E-state index in [1.807, 2.05) is 0 Å². The van der Waals surface area contributed by atoms with E-state index in [-0.39, 0.29) is 23.3 Å². The minimum atomic E-state index is -1.08. The molecule has 6 nitrogen and oxygen atoms in total. The molecule has 1 aliphatic heterocycles. The maximum Gasteiger partial charge on any atom is 0.337 e. The maximum atomic E-state index is 12.0. The Kier molecular flexibility index (Phi) is 5.19. The van der Waals surface area contributed by atoms with Crippen LogP contribution < -0.4 is 10.6 Å². The van der Waals surface area contributed by atoms with Gasteiger partial charge in [-0.25, -0.2) is 9.59 Å². The Morgan fingerprint density at radius 1 is 1.33 bits per heavy atom. The molecule has 1 heterocycles. The summed E-state index contributed by atoms with van der Waals surface area (Å²) in [7, 11) is 2.05. The van der Waals surface area contributed by atoms with Crippen LogP contribution >= 0.6 is 15.9 Å². The highest BCUT2D eigenvalue weighted by Crippen LogP contribution is 2.26. The van der Waals surface area contributed by atoms with Crippen LogP contribution in [0.1, 0.15) is 23.2 Å². The molecule has 3 N–H and O–H groups in total. The number of halogens is 1. The van der Waals surface area contributed by atoms with Gasteiger partial charge in [0.25, 0.3) is 0 Å². The first-order valence-electron chi connectivity index (χ1n) is 6.75. The SMILES string of the molecule is CN1CCC(NC(=O)Nc2c(Br)cccc2C(=O)O)CC1. The van der Waals surface area contributed by atoms with E-state index in [9.17, 15) is 9.59 Å². The monoisotopic (exact) mass is 355 g/mol. The van der Waals surface area contributed by atoms with Crippen molar-refractivity contribution in [3.63, 3.8) is 0 Å². The van der Waals surface area contributed by atoms with E-state index in [0.29, 0.717) is 4.47 Å². The molecular formula is C14H18BrN3O3. The molecule has 21 heavy (non-hydrogen) atoms. The number of piperidine rings is 1. The number of carbonyl (C=O) groups is 2. The zero-order chi connectivity index (χ0) is 15.4. The fraction of sp³-hybridized carbons (Fsp3) is 0.429. The number of nitrogens with one attached hydrogen (secondary N) is 2. The maximum absolute atomic E-state index is 12.0. The second-order valence-electron chi connectivity index (χ2n) is 5.14. The largest absolute Gasteiger partial charge is 0.478 e. The molecule has 114 valence electrons. The van der Waals surface area contributed by atoms with Gasteiger partial charge in [-0.15, -0.1) is 0 Å². The van der Waals surface area contributed by atoms with Crippen LogP contribution in [0.5, 0.6) is 0 Å². The predicted octanol–water partition coefficient (Wildman–Crippen LogP) is 2.36. The summed E-state index contributed by atoms with van der Waals surface area (Å²) in [6.45, 7) is 1.89. The molecule has 2 amide bonds. The highest BCUT2D eigenvalue weighted by atomic mass is 79.9. The van der Waals surface area contributed by atoms with Gasteiger partial charge in [-0.2, -0.15) is 0 Å². The van der Waals surface area contributed by atoms with Gasteiger partial charge in [-0.05, 0) is 61.0 Å². The lowest BCUT2D eigenvalue weighted by Crippen LogP contribution is -2.45. The third-order valence-electron chi connectivity index (χ3n) is 3.54. The Morgan fingerprint density at radius 3 is 2.62 bits per heavy atom. The van der Waals surface area contributed by atoms with E-state index >= 15 is 0 Å². The molecule has 2 rings (SSSR count). The highest BCUT2D eigenvalue weighted by Gasteiger charge is 2.20. The number of carbonyl (C=O) groups excluding carboxylic acids is 1. The Hall–Kier alpha value is -1.60. The zero-order valence-corrected chi connectivity index (χ0v) is 13.3. The lowest BCUT2D eigenvalue weighted by Gasteiger charge is -2.29. The van der Waals surface area contributed by atoms with E-state index < -0.39 is 5.97 Å². The molecule has 0 atom stereocenters. The minimum Gasteiger partial charge on any atom is -0.478 e. The molecule has 1 aromatic carbocycles. The van der Waals surface area contributed by atoms with Gasteiger partial charge >= 0.3 is 12.0 Å². The third-order valence-corrected chi connectivity index (χ3v) is 4.20. The molecule has 0 bridgehead atoms.